The zero-order chi connectivity index (χ0) is 78.5. The Morgan fingerprint density at radius 2 is 0.815 bits per heavy atom. The van der Waals surface area contributed by atoms with Crippen LogP contribution in [-0.2, 0) is 62.1 Å². The number of esters is 3. The average Bonchev–Trinajstić information content (AvgIpc) is 1.69. The van der Waals surface area contributed by atoms with Gasteiger partial charge < -0.3 is 79.5 Å². The molecule has 9 radical (unpaired) electrons. The van der Waals surface area contributed by atoms with Crippen molar-refractivity contribution < 1.29 is 93.9 Å². The summed E-state index contributed by atoms with van der Waals surface area (Å²) >= 11 is 2.24. The molecule has 0 amide bonds. The fourth-order valence-corrected chi connectivity index (χ4v) is 12.7. The van der Waals surface area contributed by atoms with Crippen molar-refractivity contribution in [2.24, 2.45) is 11.8 Å². The quantitative estimate of drug-likeness (QED) is 0.00841. The highest BCUT2D eigenvalue weighted by Crippen LogP contribution is 2.33. The molecule has 6 aromatic carbocycles. The monoisotopic (exact) mass is 1500 g/mol. The Morgan fingerprint density at radius 1 is 0.491 bits per heavy atom. The number of aromatic nitrogens is 9. The lowest BCUT2D eigenvalue weighted by Gasteiger charge is -2.40. The largest absolute Gasteiger partial charge is 0.506 e. The van der Waals surface area contributed by atoms with Crippen molar-refractivity contribution in [2.45, 2.75) is 107 Å². The van der Waals surface area contributed by atoms with Gasteiger partial charge in [0.15, 0.2) is 0 Å². The normalized spacial score (nSPS) is 20.0. The van der Waals surface area contributed by atoms with Crippen molar-refractivity contribution in [3.63, 3.8) is 0 Å². The summed E-state index contributed by atoms with van der Waals surface area (Å²) in [7, 11) is 21.7. The lowest BCUT2D eigenvalue weighted by atomic mass is 8.81. The number of aliphatic hydroxyl groups excluding tert-OH is 7. The topological polar surface area (TPSA) is 401 Å². The maximum Gasteiger partial charge on any atom is 0.333 e. The van der Waals surface area contributed by atoms with Gasteiger partial charge in [-0.15, -0.1) is 68.5 Å². The second kappa shape index (κ2) is 40.5. The van der Waals surface area contributed by atoms with Gasteiger partial charge in [0.25, 0.3) is 0 Å². The lowest BCUT2D eigenvalue weighted by Crippen LogP contribution is -2.57. The van der Waals surface area contributed by atoms with Crippen LogP contribution < -0.4 is 0 Å². The van der Waals surface area contributed by atoms with E-state index in [2.05, 4.69) is 50.3 Å². The molecular formula is C71H81B7N9O19S2. The van der Waals surface area contributed by atoms with Gasteiger partial charge in [-0.05, 0) is 109 Å². The highest BCUT2D eigenvalue weighted by atomic mass is 32.2. The Bertz CT molecular complexity index is 4420. The number of allylic oxidation sites excluding steroid dienone is 1. The van der Waals surface area contributed by atoms with Gasteiger partial charge in [0.2, 0.25) is 0 Å². The lowest BCUT2D eigenvalue weighted by molar-refractivity contribution is -0.206. The smallest absolute Gasteiger partial charge is 0.333 e. The SMILES string of the molecule is C=C(C)C(=C)OCC1OC(SCC(C)C(=O)OCCc2ccc(O)c(-n3nc4ccccc4n3)c2)C(O)C(O)C1O.C=C(C)C(=O)OCCc1ccc(O)c(-n2nc3ccccc3n2)c1.CC(CSC1OC(CO)C(O)C(O)C1O)C(=O)OCCc1ccc(O)c(-n2nc3ccccc3n2)c1.[B]B([B])[B]B([B])[B]. The standard InChI is InChI=1S/C29H35N3O8S.C24H29N3O8S.C18H17N3O3.B7/c1-16(2)18(4)39-14-24-25(34)26(35)27(36)29(40-24)41-15-17(3)28(37)38-12-11-19-9-10-23(33)22(13-19)32-30-20-7-5-6-8-21(20)31-32;1-13(12-36-24-22(32)21(31)20(30)19(11-28)35-24)23(33)34-9-8-14-6-7-18(29)17(10-14)27-25-15-4-2-3-5-16(15)26-27;1-12(2)18(23)24-10-9-13-7-8-17(22)16(11-13)21-19-14-5-3-4-6-15(14)20-21;1-6(2)5-7(3)4/h5-10,13,17,24-27,29,33-36H,1,4,11-12,14-15H2,2-3H3;2-7,10,13,19-22,24,28-32H,8-9,11-12H2,1H3;3-8,11,22H,1,9-10H2,2H3;. The molecule has 12 unspecified atom stereocenters. The van der Waals surface area contributed by atoms with E-state index < -0.39 is 109 Å². The van der Waals surface area contributed by atoms with Gasteiger partial charge in [0.1, 0.15) is 139 Å². The summed E-state index contributed by atoms with van der Waals surface area (Å²) in [6.45, 7) is 17.6. The number of phenolic OH excluding ortho intramolecular Hbond substituents is 3. The van der Waals surface area contributed by atoms with Crippen LogP contribution in [0.1, 0.15) is 44.4 Å². The number of nitrogens with zero attached hydrogens (tertiary/aromatic N) is 9. The molecule has 2 saturated heterocycles. The third kappa shape index (κ3) is 23.8. The summed E-state index contributed by atoms with van der Waals surface area (Å²) in [5, 5.41) is 127. The molecular weight excluding hydrogens is 1420 g/mol. The van der Waals surface area contributed by atoms with E-state index in [-0.39, 0.29) is 55.2 Å². The van der Waals surface area contributed by atoms with E-state index >= 15 is 0 Å². The Balaban J connectivity index is 0.000000200. The number of fused-ring (bicyclic) bond motifs is 3. The minimum atomic E-state index is -1.46. The molecule has 0 saturated carbocycles. The number of carbonyl (C=O) groups is 3. The van der Waals surface area contributed by atoms with Gasteiger partial charge in [-0.2, -0.15) is 0 Å². The van der Waals surface area contributed by atoms with E-state index in [1.807, 2.05) is 72.8 Å². The van der Waals surface area contributed by atoms with E-state index in [0.717, 1.165) is 51.2 Å². The van der Waals surface area contributed by atoms with Crippen molar-refractivity contribution in [3.05, 3.63) is 181 Å². The number of benzene rings is 6. The molecule has 0 spiro atoms. The molecule has 10 N–H and O–H groups in total. The third-order valence-electron chi connectivity index (χ3n) is 16.6. The molecule has 28 nitrogen and oxygen atoms in total. The number of rotatable bonds is 28. The summed E-state index contributed by atoms with van der Waals surface area (Å²) in [6, 6.07) is 37.4. The number of hydrogen-bond acceptors (Lipinski definition) is 27. The van der Waals surface area contributed by atoms with Crippen molar-refractivity contribution >= 4 is 125 Å². The maximum atomic E-state index is 12.6. The van der Waals surface area contributed by atoms with Crippen LogP contribution in [0.2, 0.25) is 0 Å². The molecule has 12 atom stereocenters. The minimum Gasteiger partial charge on any atom is -0.506 e. The number of aliphatic hydroxyl groups is 7. The van der Waals surface area contributed by atoms with Crippen LogP contribution in [0.25, 0.3) is 50.2 Å². The Hall–Kier alpha value is -8.86. The first kappa shape index (κ1) is 84.8. The fraction of sp³-hybridized carbons (Fsp3) is 0.366. The minimum absolute atomic E-state index is 0.0230. The van der Waals surface area contributed by atoms with Crippen molar-refractivity contribution in [2.75, 3.05) is 44.5 Å². The van der Waals surface area contributed by atoms with Gasteiger partial charge in [0, 0.05) is 87.1 Å². The van der Waals surface area contributed by atoms with Crippen LogP contribution in [-0.4, -0.2) is 269 Å². The molecule has 3 aromatic heterocycles. The van der Waals surface area contributed by atoms with Crippen LogP contribution >= 0.6 is 23.5 Å². The molecule has 11 rings (SSSR count). The van der Waals surface area contributed by atoms with E-state index in [9.17, 15) is 65.4 Å². The van der Waals surface area contributed by atoms with Crippen LogP contribution in [0.5, 0.6) is 17.2 Å². The van der Waals surface area contributed by atoms with Crippen LogP contribution in [0.4, 0.5) is 0 Å². The van der Waals surface area contributed by atoms with Gasteiger partial charge >= 0.3 is 17.9 Å². The average molecular weight is 1500 g/mol. The number of ether oxygens (including phenoxy) is 6. The zero-order valence-corrected chi connectivity index (χ0v) is 61.4. The van der Waals surface area contributed by atoms with Crippen molar-refractivity contribution in [1.82, 2.24) is 45.0 Å². The van der Waals surface area contributed by atoms with E-state index in [1.165, 1.54) is 21.5 Å². The van der Waals surface area contributed by atoms with Gasteiger partial charge in [0.05, 0.1) is 38.3 Å². The number of phenols is 3. The number of thioether (sulfide) groups is 2. The van der Waals surface area contributed by atoms with Crippen LogP contribution in [0.3, 0.4) is 0 Å². The summed E-state index contributed by atoms with van der Waals surface area (Å²) in [6.07, 6.45) is -9.96. The third-order valence-corrected chi connectivity index (χ3v) is 19.4. The molecule has 9 aromatic rings. The summed E-state index contributed by atoms with van der Waals surface area (Å²) in [4.78, 5) is 40.6. The maximum absolute atomic E-state index is 12.6. The second-order valence-electron chi connectivity index (χ2n) is 25.4. The summed E-state index contributed by atoms with van der Waals surface area (Å²) in [5.74, 6) is -1.39. The molecule has 108 heavy (non-hydrogen) atoms. The van der Waals surface area contributed by atoms with Crippen LogP contribution in [0.15, 0.2) is 164 Å². The Labute approximate surface area is 638 Å². The number of hydrogen-bond donors (Lipinski definition) is 10. The molecule has 2 fully saturated rings. The van der Waals surface area contributed by atoms with Gasteiger partial charge in [-0.1, -0.05) is 88.2 Å². The van der Waals surface area contributed by atoms with Gasteiger partial charge in [-0.3, -0.25) is 9.59 Å². The molecule has 37 heteroatoms. The van der Waals surface area contributed by atoms with E-state index in [0.29, 0.717) is 75.3 Å². The Morgan fingerprint density at radius 3 is 1.12 bits per heavy atom. The molecule has 2 aliphatic heterocycles. The summed E-state index contributed by atoms with van der Waals surface area (Å²) in [5.41, 5.74) is 7.35. The first-order chi connectivity index (χ1) is 51.5. The predicted molar refractivity (Wildman–Crippen MR) is 414 cm³/mol. The highest BCUT2D eigenvalue weighted by molar-refractivity contribution is 8.00. The molecule has 0 bridgehead atoms. The first-order valence-electron chi connectivity index (χ1n) is 34.2. The molecule has 557 valence electrons. The van der Waals surface area contributed by atoms with Gasteiger partial charge in [-0.25, -0.2) is 4.79 Å². The van der Waals surface area contributed by atoms with Crippen molar-refractivity contribution in [1.29, 1.82) is 0 Å². The first-order valence-corrected chi connectivity index (χ1v) is 36.3. The number of aromatic hydroxyl groups is 3. The number of carbonyl (C=O) groups excluding carboxylic acids is 3. The van der Waals surface area contributed by atoms with E-state index in [1.54, 1.807) is 82.3 Å². The predicted octanol–water partition coefficient (Wildman–Crippen LogP) is 3.00. The Kier molecular flexibility index (Phi) is 31.8. The fourth-order valence-electron chi connectivity index (χ4n) is 10.3. The van der Waals surface area contributed by atoms with Crippen molar-refractivity contribution in [3.8, 4) is 34.3 Å². The summed E-state index contributed by atoms with van der Waals surface area (Å²) < 4.78 is 32.6. The second-order valence-corrected chi connectivity index (χ2v) is 27.7. The van der Waals surface area contributed by atoms with Crippen LogP contribution in [0, 0.1) is 11.8 Å². The zero-order valence-electron chi connectivity index (χ0n) is 59.8. The van der Waals surface area contributed by atoms with E-state index in [4.69, 9.17) is 59.4 Å². The highest BCUT2D eigenvalue weighted by Gasteiger charge is 2.45. The molecule has 5 heterocycles. The molecule has 0 aliphatic carbocycles. The molecule has 2 aliphatic rings.